The van der Waals surface area contributed by atoms with Crippen LogP contribution in [0.4, 0.5) is 11.4 Å². The van der Waals surface area contributed by atoms with Crippen molar-refractivity contribution in [2.45, 2.75) is 25.8 Å². The van der Waals surface area contributed by atoms with Crippen molar-refractivity contribution in [2.24, 2.45) is 11.8 Å². The molecule has 0 spiro atoms. The normalized spacial score (nSPS) is 20.5. The van der Waals surface area contributed by atoms with E-state index in [1.165, 1.54) is 0 Å². The molecule has 8 heteroatoms. The van der Waals surface area contributed by atoms with Crippen molar-refractivity contribution in [1.82, 2.24) is 9.78 Å². The van der Waals surface area contributed by atoms with Crippen LogP contribution in [0.15, 0.2) is 36.7 Å². The molecule has 4 rings (SSSR count). The van der Waals surface area contributed by atoms with E-state index in [0.717, 1.165) is 38.3 Å². The van der Waals surface area contributed by atoms with Gasteiger partial charge in [-0.1, -0.05) is 11.6 Å². The van der Waals surface area contributed by atoms with Gasteiger partial charge in [-0.2, -0.15) is 5.10 Å². The van der Waals surface area contributed by atoms with Gasteiger partial charge in [-0.25, -0.2) is 0 Å². The molecule has 1 unspecified atom stereocenters. The zero-order chi connectivity index (χ0) is 19.5. The highest BCUT2D eigenvalue weighted by atomic mass is 35.5. The maximum absolute atomic E-state index is 12.6. The first-order valence-corrected chi connectivity index (χ1v) is 9.93. The van der Waals surface area contributed by atoms with Gasteiger partial charge in [-0.05, 0) is 43.0 Å². The molecule has 2 aliphatic rings. The molecule has 3 heterocycles. The second-order valence-corrected chi connectivity index (χ2v) is 7.81. The smallest absolute Gasteiger partial charge is 0.229 e. The van der Waals surface area contributed by atoms with Crippen molar-refractivity contribution in [3.8, 4) is 0 Å². The number of rotatable bonds is 5. The lowest BCUT2D eigenvalue weighted by Crippen LogP contribution is -2.28. The molecule has 1 atom stereocenters. The van der Waals surface area contributed by atoms with Crippen molar-refractivity contribution < 1.29 is 14.3 Å². The highest BCUT2D eigenvalue weighted by Crippen LogP contribution is 2.27. The Morgan fingerprint density at radius 2 is 2.00 bits per heavy atom. The van der Waals surface area contributed by atoms with E-state index in [-0.39, 0.29) is 24.2 Å². The zero-order valence-electron chi connectivity index (χ0n) is 15.5. The van der Waals surface area contributed by atoms with Crippen molar-refractivity contribution in [3.05, 3.63) is 41.7 Å². The monoisotopic (exact) mass is 402 g/mol. The number of benzene rings is 1. The first-order valence-electron chi connectivity index (χ1n) is 9.55. The largest absolute Gasteiger partial charge is 0.381 e. The fourth-order valence-electron chi connectivity index (χ4n) is 3.72. The van der Waals surface area contributed by atoms with Crippen LogP contribution in [0.1, 0.15) is 19.3 Å². The van der Waals surface area contributed by atoms with Crippen LogP contribution < -0.4 is 10.2 Å². The molecule has 0 saturated carbocycles. The van der Waals surface area contributed by atoms with Gasteiger partial charge in [-0.3, -0.25) is 14.3 Å². The van der Waals surface area contributed by atoms with Crippen LogP contribution in [-0.4, -0.2) is 41.4 Å². The summed E-state index contributed by atoms with van der Waals surface area (Å²) in [4.78, 5) is 26.6. The zero-order valence-corrected chi connectivity index (χ0v) is 16.3. The Hall–Kier alpha value is -2.38. The number of nitrogens with zero attached hydrogens (tertiary/aromatic N) is 3. The minimum absolute atomic E-state index is 0.0577. The van der Waals surface area contributed by atoms with Gasteiger partial charge in [0.25, 0.3) is 0 Å². The molecule has 7 nitrogen and oxygen atoms in total. The summed E-state index contributed by atoms with van der Waals surface area (Å²) in [5.74, 6) is -0.0484. The molecule has 2 fully saturated rings. The molecule has 2 amide bonds. The number of hydrogen-bond acceptors (Lipinski definition) is 4. The predicted octanol–water partition coefficient (Wildman–Crippen LogP) is 2.95. The number of carbonyl (C=O) groups is 2. The van der Waals surface area contributed by atoms with Crippen LogP contribution >= 0.6 is 11.6 Å². The van der Waals surface area contributed by atoms with E-state index in [9.17, 15) is 9.59 Å². The van der Waals surface area contributed by atoms with E-state index in [4.69, 9.17) is 16.3 Å². The van der Waals surface area contributed by atoms with Gasteiger partial charge in [0.05, 0.1) is 17.8 Å². The Kier molecular flexibility index (Phi) is 5.64. The van der Waals surface area contributed by atoms with Gasteiger partial charge in [-0.15, -0.1) is 0 Å². The van der Waals surface area contributed by atoms with E-state index in [0.29, 0.717) is 23.2 Å². The molecule has 2 aromatic rings. The van der Waals surface area contributed by atoms with Crippen molar-refractivity contribution in [1.29, 1.82) is 0 Å². The Morgan fingerprint density at radius 1 is 1.25 bits per heavy atom. The molecule has 148 valence electrons. The number of carbonyl (C=O) groups excluding carboxylic acids is 2. The summed E-state index contributed by atoms with van der Waals surface area (Å²) < 4.78 is 7.25. The van der Waals surface area contributed by atoms with Crippen molar-refractivity contribution >= 4 is 34.8 Å². The molecule has 28 heavy (non-hydrogen) atoms. The fourth-order valence-corrected chi connectivity index (χ4v) is 3.85. The molecule has 2 saturated heterocycles. The van der Waals surface area contributed by atoms with Crippen LogP contribution in [0, 0.1) is 11.8 Å². The minimum atomic E-state index is -0.387. The van der Waals surface area contributed by atoms with E-state index in [1.807, 2.05) is 10.9 Å². The first-order chi connectivity index (χ1) is 13.6. The van der Waals surface area contributed by atoms with E-state index >= 15 is 0 Å². The third kappa shape index (κ3) is 4.36. The number of hydrogen-bond donors (Lipinski definition) is 1. The lowest BCUT2D eigenvalue weighted by molar-refractivity contribution is -0.122. The Labute approximate surface area is 168 Å². The molecule has 1 aromatic carbocycles. The van der Waals surface area contributed by atoms with Crippen LogP contribution in [0.25, 0.3) is 0 Å². The predicted molar refractivity (Wildman–Crippen MR) is 106 cm³/mol. The summed E-state index contributed by atoms with van der Waals surface area (Å²) in [5, 5.41) is 7.86. The third-order valence-electron chi connectivity index (χ3n) is 5.32. The lowest BCUT2D eigenvalue weighted by Gasteiger charge is -2.21. The molecule has 2 aliphatic heterocycles. The summed E-state index contributed by atoms with van der Waals surface area (Å²) in [6.45, 7) is 2.79. The second-order valence-electron chi connectivity index (χ2n) is 7.38. The van der Waals surface area contributed by atoms with Crippen molar-refractivity contribution in [3.63, 3.8) is 0 Å². The topological polar surface area (TPSA) is 76.5 Å². The average molecular weight is 403 g/mol. The number of anilines is 2. The second kappa shape index (κ2) is 8.32. The molecular weight excluding hydrogens is 380 g/mol. The van der Waals surface area contributed by atoms with E-state index < -0.39 is 0 Å². The SMILES string of the molecule is O=C(Nc1cnn(CC2CCOCC2)c1)C1CC(=O)N(c2ccc(Cl)cc2)C1. The maximum Gasteiger partial charge on any atom is 0.229 e. The minimum Gasteiger partial charge on any atom is -0.381 e. The molecule has 1 aromatic heterocycles. The standard InChI is InChI=1S/C20H23ClN4O3/c21-16-1-3-18(4-2-16)25-12-15(9-19(25)26)20(27)23-17-10-22-24(13-17)11-14-5-7-28-8-6-14/h1-4,10,13-15H,5-9,11-12H2,(H,23,27). The lowest BCUT2D eigenvalue weighted by atomic mass is 10.0. The number of nitrogens with one attached hydrogen (secondary N) is 1. The third-order valence-corrected chi connectivity index (χ3v) is 5.57. The van der Waals surface area contributed by atoms with Crippen LogP contribution in [-0.2, 0) is 20.9 Å². The highest BCUT2D eigenvalue weighted by molar-refractivity contribution is 6.30. The quantitative estimate of drug-likeness (QED) is 0.834. The number of halogens is 1. The van der Waals surface area contributed by atoms with E-state index in [1.54, 1.807) is 35.4 Å². The molecule has 0 radical (unpaired) electrons. The van der Waals surface area contributed by atoms with Gasteiger partial charge in [0.15, 0.2) is 0 Å². The average Bonchev–Trinajstić information content (AvgIpc) is 3.30. The number of aromatic nitrogens is 2. The Balaban J connectivity index is 1.34. The summed E-state index contributed by atoms with van der Waals surface area (Å²) in [5.41, 5.74) is 1.42. The fraction of sp³-hybridized carbons (Fsp3) is 0.450. The van der Waals surface area contributed by atoms with Gasteiger partial charge in [0.1, 0.15) is 0 Å². The molecule has 1 N–H and O–H groups in total. The highest BCUT2D eigenvalue weighted by Gasteiger charge is 2.35. The van der Waals surface area contributed by atoms with E-state index in [2.05, 4.69) is 10.4 Å². The summed E-state index contributed by atoms with van der Waals surface area (Å²) in [6.07, 6.45) is 5.77. The number of amides is 2. The summed E-state index contributed by atoms with van der Waals surface area (Å²) in [6, 6.07) is 7.07. The van der Waals surface area contributed by atoms with Gasteiger partial charge in [0, 0.05) is 49.6 Å². The number of ether oxygens (including phenoxy) is 1. The first kappa shape index (κ1) is 19.0. The molecule has 0 aliphatic carbocycles. The van der Waals surface area contributed by atoms with Gasteiger partial charge < -0.3 is 15.0 Å². The van der Waals surface area contributed by atoms with Crippen LogP contribution in [0.5, 0.6) is 0 Å². The summed E-state index contributed by atoms with van der Waals surface area (Å²) in [7, 11) is 0. The van der Waals surface area contributed by atoms with Crippen LogP contribution in [0.2, 0.25) is 5.02 Å². The Morgan fingerprint density at radius 3 is 2.75 bits per heavy atom. The summed E-state index contributed by atoms with van der Waals surface area (Å²) >= 11 is 5.91. The molecule has 0 bridgehead atoms. The van der Waals surface area contributed by atoms with Gasteiger partial charge >= 0.3 is 0 Å². The van der Waals surface area contributed by atoms with Gasteiger partial charge in [0.2, 0.25) is 11.8 Å². The Bertz CT molecular complexity index is 845. The maximum atomic E-state index is 12.6. The van der Waals surface area contributed by atoms with Crippen LogP contribution in [0.3, 0.4) is 0 Å². The van der Waals surface area contributed by atoms with Crippen molar-refractivity contribution in [2.75, 3.05) is 30.0 Å². The molecular formula is C20H23ClN4O3.